The average Bonchev–Trinajstić information content (AvgIpc) is 2.74. The SMILES string of the molecule is O=C(c1ccc2nccnc2c1)N1CCC(Cn2cnc(C(F)(F)F)cc2=O)CC1. The highest BCUT2D eigenvalue weighted by molar-refractivity contribution is 5.97. The maximum Gasteiger partial charge on any atom is 0.433 e. The Morgan fingerprint density at radius 3 is 2.40 bits per heavy atom. The van der Waals surface area contributed by atoms with Crippen molar-refractivity contribution in [3.05, 3.63) is 64.6 Å². The van der Waals surface area contributed by atoms with Gasteiger partial charge in [-0.15, -0.1) is 0 Å². The number of fused-ring (bicyclic) bond motifs is 1. The van der Waals surface area contributed by atoms with Gasteiger partial charge in [0.25, 0.3) is 11.5 Å². The van der Waals surface area contributed by atoms with Crippen LogP contribution in [0, 0.1) is 5.92 Å². The number of piperidine rings is 1. The van der Waals surface area contributed by atoms with Crippen LogP contribution in [0.4, 0.5) is 13.2 Å². The number of aromatic nitrogens is 4. The molecule has 10 heteroatoms. The highest BCUT2D eigenvalue weighted by Crippen LogP contribution is 2.26. The van der Waals surface area contributed by atoms with Gasteiger partial charge in [0.2, 0.25) is 0 Å². The van der Waals surface area contributed by atoms with E-state index in [4.69, 9.17) is 0 Å². The fourth-order valence-electron chi connectivity index (χ4n) is 3.59. The number of hydrogen-bond acceptors (Lipinski definition) is 5. The van der Waals surface area contributed by atoms with Gasteiger partial charge in [-0.05, 0) is 37.0 Å². The Balaban J connectivity index is 1.39. The van der Waals surface area contributed by atoms with Gasteiger partial charge in [0.1, 0.15) is 0 Å². The summed E-state index contributed by atoms with van der Waals surface area (Å²) >= 11 is 0. The normalized spacial score (nSPS) is 15.5. The van der Waals surface area contributed by atoms with E-state index < -0.39 is 17.4 Å². The highest BCUT2D eigenvalue weighted by Gasteiger charge is 2.33. The Kier molecular flexibility index (Phi) is 5.23. The molecule has 30 heavy (non-hydrogen) atoms. The van der Waals surface area contributed by atoms with Gasteiger partial charge >= 0.3 is 6.18 Å². The molecule has 1 aliphatic rings. The van der Waals surface area contributed by atoms with Gasteiger partial charge in [-0.3, -0.25) is 24.1 Å². The van der Waals surface area contributed by atoms with Crippen molar-refractivity contribution in [3.8, 4) is 0 Å². The van der Waals surface area contributed by atoms with Gasteiger partial charge in [0.05, 0.1) is 17.4 Å². The fourth-order valence-corrected chi connectivity index (χ4v) is 3.59. The third-order valence-electron chi connectivity index (χ3n) is 5.24. The van der Waals surface area contributed by atoms with Crippen molar-refractivity contribution < 1.29 is 18.0 Å². The zero-order chi connectivity index (χ0) is 21.3. The summed E-state index contributed by atoms with van der Waals surface area (Å²) in [5.74, 6) is -0.0258. The van der Waals surface area contributed by atoms with Crippen LogP contribution in [0.2, 0.25) is 0 Å². The second-order valence-electron chi connectivity index (χ2n) is 7.26. The van der Waals surface area contributed by atoms with E-state index in [-0.39, 0.29) is 18.4 Å². The maximum absolute atomic E-state index is 12.8. The van der Waals surface area contributed by atoms with Crippen molar-refractivity contribution in [2.24, 2.45) is 5.92 Å². The number of alkyl halides is 3. The van der Waals surface area contributed by atoms with Crippen LogP contribution < -0.4 is 5.56 Å². The molecule has 0 bridgehead atoms. The first-order valence-corrected chi connectivity index (χ1v) is 9.45. The Hall–Kier alpha value is -3.30. The van der Waals surface area contributed by atoms with Gasteiger partial charge in [0, 0.05) is 43.7 Å². The zero-order valence-electron chi connectivity index (χ0n) is 15.8. The number of halogens is 3. The Morgan fingerprint density at radius 1 is 1.03 bits per heavy atom. The Morgan fingerprint density at radius 2 is 1.73 bits per heavy atom. The molecule has 0 spiro atoms. The molecule has 2 aromatic heterocycles. The third kappa shape index (κ3) is 4.17. The molecule has 1 aliphatic heterocycles. The number of amides is 1. The largest absolute Gasteiger partial charge is 0.433 e. The number of carbonyl (C=O) groups excluding carboxylic acids is 1. The molecular formula is C20H18F3N5O2. The van der Waals surface area contributed by atoms with Gasteiger partial charge in [-0.25, -0.2) is 4.98 Å². The monoisotopic (exact) mass is 417 g/mol. The van der Waals surface area contributed by atoms with Gasteiger partial charge in [-0.1, -0.05) is 0 Å². The molecule has 0 atom stereocenters. The summed E-state index contributed by atoms with van der Waals surface area (Å²) in [6.07, 6.45) is 0.752. The molecule has 7 nitrogen and oxygen atoms in total. The van der Waals surface area contributed by atoms with Crippen molar-refractivity contribution >= 4 is 16.9 Å². The first-order chi connectivity index (χ1) is 14.3. The van der Waals surface area contributed by atoms with Crippen LogP contribution >= 0.6 is 0 Å². The molecule has 1 fully saturated rings. The summed E-state index contributed by atoms with van der Waals surface area (Å²) in [6, 6.07) is 5.71. The van der Waals surface area contributed by atoms with Crippen molar-refractivity contribution in [2.45, 2.75) is 25.6 Å². The lowest BCUT2D eigenvalue weighted by Gasteiger charge is -2.32. The van der Waals surface area contributed by atoms with Crippen LogP contribution in [0.3, 0.4) is 0 Å². The molecule has 0 radical (unpaired) electrons. The van der Waals surface area contributed by atoms with E-state index in [0.29, 0.717) is 48.6 Å². The molecular weight excluding hydrogens is 399 g/mol. The Labute approximate surface area is 169 Å². The third-order valence-corrected chi connectivity index (χ3v) is 5.24. The summed E-state index contributed by atoms with van der Waals surface area (Å²) in [6.45, 7) is 1.28. The van der Waals surface area contributed by atoms with Gasteiger partial charge in [-0.2, -0.15) is 13.2 Å². The first-order valence-electron chi connectivity index (χ1n) is 9.45. The predicted octanol–water partition coefficient (Wildman–Crippen LogP) is 2.76. The number of rotatable bonds is 3. The number of likely N-dealkylation sites (tertiary alicyclic amines) is 1. The lowest BCUT2D eigenvalue weighted by atomic mass is 9.96. The molecule has 3 heterocycles. The molecule has 0 saturated carbocycles. The topological polar surface area (TPSA) is 81.0 Å². The number of benzene rings is 1. The zero-order valence-corrected chi connectivity index (χ0v) is 15.8. The van der Waals surface area contributed by atoms with Crippen molar-refractivity contribution in [2.75, 3.05) is 13.1 Å². The molecule has 1 amide bonds. The van der Waals surface area contributed by atoms with E-state index in [0.717, 1.165) is 6.33 Å². The van der Waals surface area contributed by atoms with Crippen LogP contribution in [-0.2, 0) is 12.7 Å². The van der Waals surface area contributed by atoms with Crippen LogP contribution in [-0.4, -0.2) is 43.4 Å². The molecule has 156 valence electrons. The summed E-state index contributed by atoms with van der Waals surface area (Å²) in [7, 11) is 0. The van der Waals surface area contributed by atoms with E-state index >= 15 is 0 Å². The number of hydrogen-bond donors (Lipinski definition) is 0. The van der Waals surface area contributed by atoms with Gasteiger partial charge in [0.15, 0.2) is 5.69 Å². The van der Waals surface area contributed by atoms with E-state index in [2.05, 4.69) is 15.0 Å². The molecule has 1 saturated heterocycles. The average molecular weight is 417 g/mol. The molecule has 0 aliphatic carbocycles. The molecule has 1 aromatic carbocycles. The fraction of sp³-hybridized carbons (Fsp3) is 0.350. The minimum atomic E-state index is -4.64. The van der Waals surface area contributed by atoms with Crippen LogP contribution in [0.25, 0.3) is 11.0 Å². The van der Waals surface area contributed by atoms with Crippen molar-refractivity contribution in [3.63, 3.8) is 0 Å². The maximum atomic E-state index is 12.8. The minimum absolute atomic E-state index is 0.0766. The standard InChI is InChI=1S/C20H18F3N5O2/c21-20(22,23)17-10-18(29)28(12-26-17)11-13-3-7-27(8-4-13)19(30)14-1-2-15-16(9-14)25-6-5-24-15/h1-2,5-6,9-10,12-13H,3-4,7-8,11H2. The van der Waals surface area contributed by atoms with Crippen LogP contribution in [0.5, 0.6) is 0 Å². The van der Waals surface area contributed by atoms with E-state index in [9.17, 15) is 22.8 Å². The second-order valence-corrected chi connectivity index (χ2v) is 7.26. The van der Waals surface area contributed by atoms with Crippen molar-refractivity contribution in [1.29, 1.82) is 0 Å². The van der Waals surface area contributed by atoms with Gasteiger partial charge < -0.3 is 4.90 Å². The summed E-state index contributed by atoms with van der Waals surface area (Å²) in [5.41, 5.74) is -0.0299. The number of carbonyl (C=O) groups is 1. The summed E-state index contributed by atoms with van der Waals surface area (Å²) in [4.78, 5) is 38.3. The van der Waals surface area contributed by atoms with E-state index in [1.807, 2.05) is 0 Å². The lowest BCUT2D eigenvalue weighted by Crippen LogP contribution is -2.40. The molecule has 0 N–H and O–H groups in total. The summed E-state index contributed by atoms with van der Waals surface area (Å²) < 4.78 is 39.1. The Bertz CT molecular complexity index is 1140. The molecule has 0 unspecified atom stereocenters. The minimum Gasteiger partial charge on any atom is -0.339 e. The molecule has 4 rings (SSSR count). The smallest absolute Gasteiger partial charge is 0.339 e. The quantitative estimate of drug-likeness (QED) is 0.655. The summed E-state index contributed by atoms with van der Waals surface area (Å²) in [5, 5.41) is 0. The number of nitrogens with zero attached hydrogens (tertiary/aromatic N) is 5. The van der Waals surface area contributed by atoms with Crippen LogP contribution in [0.1, 0.15) is 28.9 Å². The first kappa shape index (κ1) is 20.0. The highest BCUT2D eigenvalue weighted by atomic mass is 19.4. The van der Waals surface area contributed by atoms with E-state index in [1.165, 1.54) is 4.57 Å². The van der Waals surface area contributed by atoms with Crippen molar-refractivity contribution in [1.82, 2.24) is 24.4 Å². The predicted molar refractivity (Wildman–Crippen MR) is 102 cm³/mol. The second kappa shape index (κ2) is 7.85. The molecule has 3 aromatic rings. The van der Waals surface area contributed by atoms with Crippen LogP contribution in [0.15, 0.2) is 47.8 Å². The van der Waals surface area contributed by atoms with E-state index in [1.54, 1.807) is 35.5 Å². The lowest BCUT2D eigenvalue weighted by molar-refractivity contribution is -0.141.